The molecule has 0 aromatic heterocycles. The number of likely N-dealkylation sites (tertiary alicyclic amines) is 1. The lowest BCUT2D eigenvalue weighted by Crippen LogP contribution is -2.51. The number of Topliss-reactive ketones (excluding diaryl/α,β-unsaturated/α-hetero) is 1. The Kier molecular flexibility index (Phi) is 6.42. The van der Waals surface area contributed by atoms with Crippen LogP contribution in [0.1, 0.15) is 43.5 Å². The minimum absolute atomic E-state index is 0.146. The van der Waals surface area contributed by atoms with E-state index in [2.05, 4.69) is 5.32 Å². The van der Waals surface area contributed by atoms with E-state index in [0.29, 0.717) is 6.54 Å². The smallest absolute Gasteiger partial charge is 0.318 e. The van der Waals surface area contributed by atoms with Gasteiger partial charge in [-0.15, -0.1) is 0 Å². The second-order valence-corrected chi connectivity index (χ2v) is 7.21. The van der Waals surface area contributed by atoms with E-state index in [4.69, 9.17) is 9.47 Å². The van der Waals surface area contributed by atoms with Crippen LogP contribution < -0.4 is 14.8 Å². The molecule has 0 saturated carbocycles. The summed E-state index contributed by atoms with van der Waals surface area (Å²) in [4.78, 5) is 27.9. The highest BCUT2D eigenvalue weighted by molar-refractivity contribution is 5.86. The summed E-state index contributed by atoms with van der Waals surface area (Å²) < 4.78 is 10.5. The summed E-state index contributed by atoms with van der Waals surface area (Å²) in [6, 6.07) is 14.3. The molecular weight excluding hydrogens is 368 g/mol. The van der Waals surface area contributed by atoms with Crippen LogP contribution in [-0.4, -0.2) is 37.5 Å². The van der Waals surface area contributed by atoms with Crippen molar-refractivity contribution in [2.24, 2.45) is 5.92 Å². The first-order valence-corrected chi connectivity index (χ1v) is 9.86. The molecule has 2 amide bonds. The van der Waals surface area contributed by atoms with Crippen LogP contribution in [0.25, 0.3) is 0 Å². The number of amides is 2. The van der Waals surface area contributed by atoms with Gasteiger partial charge in [-0.1, -0.05) is 31.2 Å². The number of rotatable bonds is 5. The minimum Gasteiger partial charge on any atom is -0.497 e. The summed E-state index contributed by atoms with van der Waals surface area (Å²) in [6.07, 6.45) is 0.289. The first kappa shape index (κ1) is 20.7. The van der Waals surface area contributed by atoms with Gasteiger partial charge in [0, 0.05) is 18.9 Å². The molecule has 29 heavy (non-hydrogen) atoms. The summed E-state index contributed by atoms with van der Waals surface area (Å²) in [5.74, 6) is 1.31. The minimum atomic E-state index is -0.360. The van der Waals surface area contributed by atoms with Crippen LogP contribution in [0.15, 0.2) is 48.5 Å². The molecule has 3 atom stereocenters. The molecule has 1 heterocycles. The van der Waals surface area contributed by atoms with E-state index < -0.39 is 0 Å². The second-order valence-electron chi connectivity index (χ2n) is 7.21. The first-order chi connectivity index (χ1) is 14.0. The maximum atomic E-state index is 13.1. The van der Waals surface area contributed by atoms with Gasteiger partial charge in [0.15, 0.2) is 0 Å². The predicted molar refractivity (Wildman–Crippen MR) is 111 cm³/mol. The van der Waals surface area contributed by atoms with Gasteiger partial charge < -0.3 is 19.7 Å². The number of ether oxygens (including phenoxy) is 2. The Balaban J connectivity index is 2.06. The molecule has 3 rings (SSSR count). The van der Waals surface area contributed by atoms with Gasteiger partial charge in [0.05, 0.1) is 26.3 Å². The van der Waals surface area contributed by atoms with Crippen molar-refractivity contribution < 1.29 is 19.1 Å². The summed E-state index contributed by atoms with van der Waals surface area (Å²) in [5.41, 5.74) is 1.83. The number of hydrogen-bond donors (Lipinski definition) is 1. The van der Waals surface area contributed by atoms with Gasteiger partial charge in [-0.2, -0.15) is 0 Å². The number of nitrogens with zero attached hydrogens (tertiary/aromatic N) is 1. The Morgan fingerprint density at radius 1 is 1.00 bits per heavy atom. The van der Waals surface area contributed by atoms with Crippen LogP contribution in [0, 0.1) is 5.92 Å². The van der Waals surface area contributed by atoms with E-state index in [9.17, 15) is 9.59 Å². The second kappa shape index (κ2) is 8.99. The fourth-order valence-electron chi connectivity index (χ4n) is 3.95. The quantitative estimate of drug-likeness (QED) is 0.825. The third-order valence-electron chi connectivity index (χ3n) is 5.53. The zero-order chi connectivity index (χ0) is 21.0. The lowest BCUT2D eigenvalue weighted by Gasteiger charge is -2.45. The van der Waals surface area contributed by atoms with Crippen molar-refractivity contribution >= 4 is 11.8 Å². The topological polar surface area (TPSA) is 67.9 Å². The van der Waals surface area contributed by atoms with Crippen LogP contribution >= 0.6 is 0 Å². The monoisotopic (exact) mass is 396 g/mol. The molecular formula is C23H28N2O4. The van der Waals surface area contributed by atoms with E-state index in [-0.39, 0.29) is 36.2 Å². The molecule has 0 unspecified atom stereocenters. The molecule has 0 radical (unpaired) electrons. The molecule has 1 aliphatic rings. The van der Waals surface area contributed by atoms with Crippen LogP contribution in [-0.2, 0) is 4.79 Å². The first-order valence-electron chi connectivity index (χ1n) is 9.86. The Bertz CT molecular complexity index is 848. The number of ketones is 1. The van der Waals surface area contributed by atoms with Gasteiger partial charge in [0.1, 0.15) is 17.3 Å². The van der Waals surface area contributed by atoms with Crippen LogP contribution in [0.4, 0.5) is 4.79 Å². The summed E-state index contributed by atoms with van der Waals surface area (Å²) in [7, 11) is 3.23. The molecule has 154 valence electrons. The number of methoxy groups -OCH3 is 2. The van der Waals surface area contributed by atoms with Gasteiger partial charge in [-0.3, -0.25) is 4.79 Å². The Morgan fingerprint density at radius 2 is 1.52 bits per heavy atom. The molecule has 1 N–H and O–H groups in total. The van der Waals surface area contributed by atoms with Crippen molar-refractivity contribution in [3.8, 4) is 11.5 Å². The SMILES string of the molecule is CCNC(=O)N1[C@H](c2ccc(OC)cc2)[C@@H](C)C(=O)C[C@H]1c1ccc(OC)cc1. The van der Waals surface area contributed by atoms with Crippen molar-refractivity contribution in [1.82, 2.24) is 10.2 Å². The van der Waals surface area contributed by atoms with Gasteiger partial charge in [-0.05, 0) is 42.3 Å². The van der Waals surface area contributed by atoms with Gasteiger partial charge >= 0.3 is 6.03 Å². The normalized spacial score (nSPS) is 21.6. The standard InChI is InChI=1S/C23H28N2O4/c1-5-24-23(27)25-20(16-6-10-18(28-3)11-7-16)14-21(26)15(2)22(25)17-8-12-19(29-4)13-9-17/h6-13,15,20,22H,5,14H2,1-4H3,(H,24,27)/t15-,20-,22-/m0/s1. The number of benzene rings is 2. The molecule has 0 aliphatic carbocycles. The third-order valence-corrected chi connectivity index (χ3v) is 5.53. The molecule has 1 saturated heterocycles. The summed E-state index contributed by atoms with van der Waals surface area (Å²) >= 11 is 0. The number of piperidine rings is 1. The van der Waals surface area contributed by atoms with Crippen molar-refractivity contribution in [1.29, 1.82) is 0 Å². The molecule has 0 spiro atoms. The van der Waals surface area contributed by atoms with Crippen LogP contribution in [0.2, 0.25) is 0 Å². The summed E-state index contributed by atoms with van der Waals surface area (Å²) in [5, 5.41) is 2.92. The maximum absolute atomic E-state index is 13.1. The number of nitrogens with one attached hydrogen (secondary N) is 1. The van der Waals surface area contributed by atoms with E-state index in [1.165, 1.54) is 0 Å². The molecule has 0 bridgehead atoms. The lowest BCUT2D eigenvalue weighted by atomic mass is 9.80. The molecule has 2 aromatic carbocycles. The van der Waals surface area contributed by atoms with Crippen molar-refractivity contribution in [3.63, 3.8) is 0 Å². The van der Waals surface area contributed by atoms with Crippen molar-refractivity contribution in [2.75, 3.05) is 20.8 Å². The van der Waals surface area contributed by atoms with Gasteiger partial charge in [0.25, 0.3) is 0 Å². The van der Waals surface area contributed by atoms with Gasteiger partial charge in [0.2, 0.25) is 0 Å². The zero-order valence-electron chi connectivity index (χ0n) is 17.3. The molecule has 1 aliphatic heterocycles. The average Bonchev–Trinajstić information content (AvgIpc) is 2.75. The predicted octanol–water partition coefficient (Wildman–Crippen LogP) is 4.13. The lowest BCUT2D eigenvalue weighted by molar-refractivity contribution is -0.129. The van der Waals surface area contributed by atoms with Gasteiger partial charge in [-0.25, -0.2) is 4.79 Å². The summed E-state index contributed by atoms with van der Waals surface area (Å²) in [6.45, 7) is 4.30. The van der Waals surface area contributed by atoms with E-state index in [0.717, 1.165) is 22.6 Å². The van der Waals surface area contributed by atoms with E-state index >= 15 is 0 Å². The fourth-order valence-corrected chi connectivity index (χ4v) is 3.95. The number of hydrogen-bond acceptors (Lipinski definition) is 4. The fraction of sp³-hybridized carbons (Fsp3) is 0.391. The highest BCUT2D eigenvalue weighted by Crippen LogP contribution is 2.43. The Morgan fingerprint density at radius 3 is 2.00 bits per heavy atom. The number of urea groups is 1. The largest absolute Gasteiger partial charge is 0.497 e. The molecule has 2 aromatic rings. The molecule has 6 heteroatoms. The Labute approximate surface area is 171 Å². The zero-order valence-corrected chi connectivity index (χ0v) is 17.3. The van der Waals surface area contributed by atoms with Crippen molar-refractivity contribution in [3.05, 3.63) is 59.7 Å². The number of carbonyl (C=O) groups is 2. The van der Waals surface area contributed by atoms with E-state index in [1.54, 1.807) is 14.2 Å². The van der Waals surface area contributed by atoms with Crippen LogP contribution in [0.3, 0.4) is 0 Å². The maximum Gasteiger partial charge on any atom is 0.318 e. The average molecular weight is 396 g/mol. The highest BCUT2D eigenvalue weighted by atomic mass is 16.5. The molecule has 1 fully saturated rings. The third kappa shape index (κ3) is 4.21. The highest BCUT2D eigenvalue weighted by Gasteiger charge is 2.43. The van der Waals surface area contributed by atoms with E-state index in [1.807, 2.05) is 67.3 Å². The van der Waals surface area contributed by atoms with Crippen LogP contribution in [0.5, 0.6) is 11.5 Å². The Hall–Kier alpha value is -3.02. The van der Waals surface area contributed by atoms with Crippen molar-refractivity contribution in [2.45, 2.75) is 32.4 Å². The number of carbonyl (C=O) groups excluding carboxylic acids is 2. The molecule has 6 nitrogen and oxygen atoms in total.